The lowest BCUT2D eigenvalue weighted by atomic mass is 9.93. The molecule has 1 aliphatic rings. The van der Waals surface area contributed by atoms with Crippen LogP contribution in [0.15, 0.2) is 78.9 Å². The van der Waals surface area contributed by atoms with Crippen molar-refractivity contribution >= 4 is 11.6 Å². The van der Waals surface area contributed by atoms with E-state index in [1.807, 2.05) is 90.7 Å². The van der Waals surface area contributed by atoms with Gasteiger partial charge in [0.15, 0.2) is 0 Å². The first-order chi connectivity index (χ1) is 14.6. The molecule has 0 radical (unpaired) electrons. The van der Waals surface area contributed by atoms with Crippen molar-refractivity contribution in [2.45, 2.75) is 19.1 Å². The molecular weight excluding hydrogens is 376 g/mol. The Bertz CT molecular complexity index is 1000. The van der Waals surface area contributed by atoms with Gasteiger partial charge in [-0.25, -0.2) is 0 Å². The molecule has 1 unspecified atom stereocenters. The van der Waals surface area contributed by atoms with Gasteiger partial charge in [-0.1, -0.05) is 54.6 Å². The van der Waals surface area contributed by atoms with E-state index in [0.29, 0.717) is 25.3 Å². The zero-order valence-electron chi connectivity index (χ0n) is 17.3. The Hall–Kier alpha value is -3.31. The summed E-state index contributed by atoms with van der Waals surface area (Å²) in [5.41, 5.74) is 2.89. The number of anilines is 1. The number of carbonyl (C=O) groups excluding carboxylic acids is 1. The molecule has 0 aliphatic carbocycles. The molecule has 5 heteroatoms. The number of benzene rings is 3. The van der Waals surface area contributed by atoms with Crippen molar-refractivity contribution in [3.05, 3.63) is 95.6 Å². The van der Waals surface area contributed by atoms with Gasteiger partial charge in [0.05, 0.1) is 12.2 Å². The van der Waals surface area contributed by atoms with Crippen molar-refractivity contribution in [3.8, 4) is 5.75 Å². The Balaban J connectivity index is 1.69. The van der Waals surface area contributed by atoms with Crippen molar-refractivity contribution in [1.82, 2.24) is 4.90 Å². The molecule has 1 N–H and O–H groups in total. The fourth-order valence-corrected chi connectivity index (χ4v) is 3.80. The Kier molecular flexibility index (Phi) is 5.72. The Morgan fingerprint density at radius 2 is 1.60 bits per heavy atom. The fraction of sp³-hybridized carbons (Fsp3) is 0.240. The van der Waals surface area contributed by atoms with Crippen LogP contribution in [0.3, 0.4) is 0 Å². The zero-order chi connectivity index (χ0) is 21.0. The van der Waals surface area contributed by atoms with Crippen LogP contribution in [-0.4, -0.2) is 31.1 Å². The average molecular weight is 402 g/mol. The quantitative estimate of drug-likeness (QED) is 0.585. The standard InChI is InChI=1S/C25H26N2O3/c1-25(20-12-14-21(15-13-20)30-17-16-29-2)26-23-11-7-6-10-22(23)24(28)27(25)18-19-8-4-3-5-9-19/h3-15,26H,16-18H2,1-2H3. The highest BCUT2D eigenvalue weighted by Crippen LogP contribution is 2.39. The second-order valence-electron chi connectivity index (χ2n) is 7.49. The van der Waals surface area contributed by atoms with Gasteiger partial charge >= 0.3 is 0 Å². The summed E-state index contributed by atoms with van der Waals surface area (Å²) in [4.78, 5) is 15.4. The Morgan fingerprint density at radius 1 is 0.900 bits per heavy atom. The molecule has 0 bridgehead atoms. The lowest BCUT2D eigenvalue weighted by Crippen LogP contribution is -2.55. The molecule has 0 aromatic heterocycles. The van der Waals surface area contributed by atoms with E-state index >= 15 is 0 Å². The highest BCUT2D eigenvalue weighted by Gasteiger charge is 2.42. The number of nitrogens with zero attached hydrogens (tertiary/aromatic N) is 1. The summed E-state index contributed by atoms with van der Waals surface area (Å²) in [6.07, 6.45) is 0. The van der Waals surface area contributed by atoms with Gasteiger partial charge in [-0.15, -0.1) is 0 Å². The minimum Gasteiger partial charge on any atom is -0.491 e. The number of rotatable bonds is 7. The topological polar surface area (TPSA) is 50.8 Å². The number of hydrogen-bond acceptors (Lipinski definition) is 4. The molecule has 30 heavy (non-hydrogen) atoms. The van der Waals surface area contributed by atoms with E-state index < -0.39 is 5.66 Å². The monoisotopic (exact) mass is 402 g/mol. The van der Waals surface area contributed by atoms with Gasteiger partial charge in [-0.05, 0) is 42.3 Å². The highest BCUT2D eigenvalue weighted by atomic mass is 16.5. The number of para-hydroxylation sites is 1. The maximum absolute atomic E-state index is 13.5. The minimum absolute atomic E-state index is 0.0103. The molecule has 0 fully saturated rings. The van der Waals surface area contributed by atoms with Crippen LogP contribution in [0.25, 0.3) is 0 Å². The second-order valence-corrected chi connectivity index (χ2v) is 7.49. The maximum atomic E-state index is 13.5. The van der Waals surface area contributed by atoms with Gasteiger partial charge in [-0.3, -0.25) is 4.79 Å². The first-order valence-electron chi connectivity index (χ1n) is 10.1. The van der Waals surface area contributed by atoms with Crippen molar-refractivity contribution in [2.24, 2.45) is 0 Å². The number of hydrogen-bond donors (Lipinski definition) is 1. The molecule has 1 aliphatic heterocycles. The third kappa shape index (κ3) is 3.89. The molecule has 0 saturated heterocycles. The second kappa shape index (κ2) is 8.59. The first kappa shape index (κ1) is 20.0. The summed E-state index contributed by atoms with van der Waals surface area (Å²) in [7, 11) is 1.65. The predicted octanol–water partition coefficient (Wildman–Crippen LogP) is 4.65. The van der Waals surface area contributed by atoms with Crippen molar-refractivity contribution in [2.75, 3.05) is 25.6 Å². The van der Waals surface area contributed by atoms with Gasteiger partial charge in [-0.2, -0.15) is 0 Å². The molecule has 154 valence electrons. The molecule has 4 rings (SSSR count). The van der Waals surface area contributed by atoms with Crippen LogP contribution < -0.4 is 10.1 Å². The maximum Gasteiger partial charge on any atom is 0.258 e. The van der Waals surface area contributed by atoms with E-state index in [0.717, 1.165) is 22.6 Å². The van der Waals surface area contributed by atoms with Gasteiger partial charge in [0, 0.05) is 19.3 Å². The van der Waals surface area contributed by atoms with Gasteiger partial charge in [0.1, 0.15) is 18.0 Å². The lowest BCUT2D eigenvalue weighted by molar-refractivity contribution is 0.0509. The van der Waals surface area contributed by atoms with E-state index in [1.165, 1.54) is 0 Å². The van der Waals surface area contributed by atoms with Crippen LogP contribution >= 0.6 is 0 Å². The lowest BCUT2D eigenvalue weighted by Gasteiger charge is -2.47. The zero-order valence-corrected chi connectivity index (χ0v) is 17.3. The van der Waals surface area contributed by atoms with Crippen LogP contribution in [-0.2, 0) is 16.9 Å². The van der Waals surface area contributed by atoms with E-state index in [4.69, 9.17) is 9.47 Å². The predicted molar refractivity (Wildman–Crippen MR) is 118 cm³/mol. The molecular formula is C25H26N2O3. The largest absolute Gasteiger partial charge is 0.491 e. The van der Waals surface area contributed by atoms with Crippen molar-refractivity contribution in [3.63, 3.8) is 0 Å². The van der Waals surface area contributed by atoms with Crippen LogP contribution in [0.2, 0.25) is 0 Å². The summed E-state index contributed by atoms with van der Waals surface area (Å²) < 4.78 is 10.7. The van der Waals surface area contributed by atoms with Crippen molar-refractivity contribution in [1.29, 1.82) is 0 Å². The van der Waals surface area contributed by atoms with Gasteiger partial charge in [0.25, 0.3) is 5.91 Å². The van der Waals surface area contributed by atoms with E-state index in [1.54, 1.807) is 7.11 Å². The number of methoxy groups -OCH3 is 1. The molecule has 0 saturated carbocycles. The number of fused-ring (bicyclic) bond motifs is 1. The molecule has 3 aromatic rings. The average Bonchev–Trinajstić information content (AvgIpc) is 2.78. The van der Waals surface area contributed by atoms with E-state index in [9.17, 15) is 4.79 Å². The van der Waals surface area contributed by atoms with Gasteiger partial charge < -0.3 is 19.7 Å². The number of carbonyl (C=O) groups is 1. The molecule has 1 heterocycles. The summed E-state index contributed by atoms with van der Waals surface area (Å²) in [6.45, 7) is 3.59. The highest BCUT2D eigenvalue weighted by molar-refractivity contribution is 6.02. The number of ether oxygens (including phenoxy) is 2. The molecule has 0 spiro atoms. The van der Waals surface area contributed by atoms with Crippen LogP contribution in [0, 0.1) is 0 Å². The normalized spacial score (nSPS) is 17.9. The summed E-state index contributed by atoms with van der Waals surface area (Å²) in [5.74, 6) is 0.785. The van der Waals surface area contributed by atoms with E-state index in [-0.39, 0.29) is 5.91 Å². The molecule has 3 aromatic carbocycles. The third-order valence-corrected chi connectivity index (χ3v) is 5.48. The minimum atomic E-state index is -0.702. The van der Waals surface area contributed by atoms with Crippen LogP contribution in [0.1, 0.15) is 28.4 Å². The Morgan fingerprint density at radius 3 is 2.33 bits per heavy atom. The van der Waals surface area contributed by atoms with Crippen LogP contribution in [0.4, 0.5) is 5.69 Å². The molecule has 1 amide bonds. The fourth-order valence-electron chi connectivity index (χ4n) is 3.80. The van der Waals surface area contributed by atoms with E-state index in [2.05, 4.69) is 5.32 Å². The summed E-state index contributed by atoms with van der Waals surface area (Å²) in [5, 5.41) is 3.61. The molecule has 1 atom stereocenters. The summed E-state index contributed by atoms with van der Waals surface area (Å²) in [6, 6.07) is 25.6. The van der Waals surface area contributed by atoms with Crippen LogP contribution in [0.5, 0.6) is 5.75 Å². The first-order valence-corrected chi connectivity index (χ1v) is 10.1. The SMILES string of the molecule is COCCOc1ccc(C2(C)Nc3ccccc3C(=O)N2Cc2ccccc2)cc1. The summed E-state index contributed by atoms with van der Waals surface area (Å²) >= 11 is 0. The van der Waals surface area contributed by atoms with Gasteiger partial charge in [0.2, 0.25) is 0 Å². The van der Waals surface area contributed by atoms with Crippen molar-refractivity contribution < 1.29 is 14.3 Å². The number of amides is 1. The number of nitrogens with one attached hydrogen (secondary N) is 1. The Labute approximate surface area is 177 Å². The smallest absolute Gasteiger partial charge is 0.258 e. The molecule has 5 nitrogen and oxygen atoms in total. The third-order valence-electron chi connectivity index (χ3n) is 5.48.